The van der Waals surface area contributed by atoms with Gasteiger partial charge in [-0.3, -0.25) is 14.6 Å². The minimum absolute atomic E-state index is 0.289. The first-order valence-corrected chi connectivity index (χ1v) is 11.0. The molecule has 0 fully saturated rings. The van der Waals surface area contributed by atoms with Crippen LogP contribution in [0.4, 0.5) is 11.4 Å². The average molecular weight is 468 g/mol. The Morgan fingerprint density at radius 1 is 0.714 bits per heavy atom. The number of nitrogens with zero attached hydrogens (tertiary/aromatic N) is 1. The fourth-order valence-electron chi connectivity index (χ4n) is 3.64. The lowest BCUT2D eigenvalue weighted by atomic mass is 10.1. The van der Waals surface area contributed by atoms with Crippen molar-refractivity contribution in [2.24, 2.45) is 0 Å². The van der Waals surface area contributed by atoms with E-state index >= 15 is 0 Å². The zero-order chi connectivity index (χ0) is 24.8. The number of aryl methyl sites for hydroxylation is 1. The van der Waals surface area contributed by atoms with Crippen molar-refractivity contribution in [2.45, 2.75) is 6.92 Å². The van der Waals surface area contributed by atoms with E-state index in [1.54, 1.807) is 49.4 Å². The van der Waals surface area contributed by atoms with Crippen LogP contribution in [0.5, 0.6) is 11.5 Å². The molecule has 7 nitrogen and oxygen atoms in total. The highest BCUT2D eigenvalue weighted by atomic mass is 16.5. The Morgan fingerprint density at radius 2 is 1.26 bits per heavy atom. The summed E-state index contributed by atoms with van der Waals surface area (Å²) in [6.07, 6.45) is 0. The summed E-state index contributed by atoms with van der Waals surface area (Å²) in [6.45, 7) is 1.79. The van der Waals surface area contributed by atoms with Gasteiger partial charge in [0.15, 0.2) is 0 Å². The van der Waals surface area contributed by atoms with Crippen molar-refractivity contribution in [3.8, 4) is 22.8 Å². The molecule has 3 aromatic carbocycles. The van der Waals surface area contributed by atoms with Crippen molar-refractivity contribution in [1.82, 2.24) is 4.98 Å². The maximum atomic E-state index is 13.1. The summed E-state index contributed by atoms with van der Waals surface area (Å²) in [5, 5.41) is 5.70. The highest BCUT2D eigenvalue weighted by Crippen LogP contribution is 2.37. The molecule has 0 saturated heterocycles. The summed E-state index contributed by atoms with van der Waals surface area (Å²) in [5.41, 5.74) is 4.13. The van der Waals surface area contributed by atoms with E-state index in [0.717, 1.165) is 11.3 Å². The van der Waals surface area contributed by atoms with Gasteiger partial charge in [-0.15, -0.1) is 0 Å². The Morgan fingerprint density at radius 3 is 1.80 bits per heavy atom. The summed E-state index contributed by atoms with van der Waals surface area (Å²) < 4.78 is 10.9. The Balaban J connectivity index is 1.58. The largest absolute Gasteiger partial charge is 0.494 e. The summed E-state index contributed by atoms with van der Waals surface area (Å²) in [4.78, 5) is 30.3. The standard InChI is InChI=1S/C28H25N3O4/c1-18-21(14-15-22(29-18)19-10-6-4-7-11-19)28(33)31-24-17-25(34-2)23(16-26(24)35-3)30-27(32)20-12-8-5-9-13-20/h4-17H,1-3H3,(H,30,32)(H,31,33). The van der Waals surface area contributed by atoms with Crippen LogP contribution < -0.4 is 20.1 Å². The Hall–Kier alpha value is -4.65. The third-order valence-electron chi connectivity index (χ3n) is 5.45. The molecule has 2 N–H and O–H groups in total. The molecule has 4 aromatic rings. The van der Waals surface area contributed by atoms with Gasteiger partial charge in [0, 0.05) is 23.3 Å². The number of carbonyl (C=O) groups is 2. The van der Waals surface area contributed by atoms with E-state index < -0.39 is 0 Å². The first-order valence-electron chi connectivity index (χ1n) is 11.0. The summed E-state index contributed by atoms with van der Waals surface area (Å²) in [7, 11) is 2.98. The molecule has 0 saturated carbocycles. The van der Waals surface area contributed by atoms with Crippen LogP contribution in [0, 0.1) is 6.92 Å². The van der Waals surface area contributed by atoms with Gasteiger partial charge in [-0.2, -0.15) is 0 Å². The van der Waals surface area contributed by atoms with E-state index in [9.17, 15) is 9.59 Å². The summed E-state index contributed by atoms with van der Waals surface area (Å²) >= 11 is 0. The van der Waals surface area contributed by atoms with Crippen molar-refractivity contribution in [2.75, 3.05) is 24.9 Å². The number of aromatic nitrogens is 1. The highest BCUT2D eigenvalue weighted by Gasteiger charge is 2.18. The first kappa shape index (κ1) is 23.5. The number of ether oxygens (including phenoxy) is 2. The fraction of sp³-hybridized carbons (Fsp3) is 0.107. The number of methoxy groups -OCH3 is 2. The Bertz CT molecular complexity index is 1360. The third kappa shape index (κ3) is 5.30. The Labute approximate surface area is 203 Å². The minimum Gasteiger partial charge on any atom is -0.494 e. The van der Waals surface area contributed by atoms with E-state index in [0.29, 0.717) is 39.7 Å². The maximum absolute atomic E-state index is 13.1. The number of hydrogen-bond acceptors (Lipinski definition) is 5. The van der Waals surface area contributed by atoms with Gasteiger partial charge >= 0.3 is 0 Å². The quantitative estimate of drug-likeness (QED) is 0.370. The minimum atomic E-state index is -0.337. The summed E-state index contributed by atoms with van der Waals surface area (Å²) in [6, 6.07) is 25.4. The molecule has 0 bridgehead atoms. The zero-order valence-corrected chi connectivity index (χ0v) is 19.7. The fourth-order valence-corrected chi connectivity index (χ4v) is 3.64. The number of anilines is 2. The van der Waals surface area contributed by atoms with E-state index in [-0.39, 0.29) is 11.8 Å². The van der Waals surface area contributed by atoms with Crippen LogP contribution in [0.2, 0.25) is 0 Å². The van der Waals surface area contributed by atoms with Gasteiger partial charge < -0.3 is 20.1 Å². The number of pyridine rings is 1. The normalized spacial score (nSPS) is 10.4. The van der Waals surface area contributed by atoms with Gasteiger partial charge in [-0.25, -0.2) is 0 Å². The molecule has 4 rings (SSSR count). The molecule has 35 heavy (non-hydrogen) atoms. The average Bonchev–Trinajstić information content (AvgIpc) is 2.90. The van der Waals surface area contributed by atoms with Gasteiger partial charge in [0.2, 0.25) is 0 Å². The lowest BCUT2D eigenvalue weighted by molar-refractivity contribution is 0.101. The molecule has 0 spiro atoms. The molecule has 0 aliphatic carbocycles. The molecule has 176 valence electrons. The molecule has 0 unspecified atom stereocenters. The molecule has 1 heterocycles. The first-order chi connectivity index (χ1) is 17.0. The molecule has 0 aliphatic heterocycles. The second-order valence-electron chi connectivity index (χ2n) is 7.72. The van der Waals surface area contributed by atoms with E-state index in [4.69, 9.17) is 9.47 Å². The van der Waals surface area contributed by atoms with Crippen LogP contribution in [0.15, 0.2) is 84.9 Å². The maximum Gasteiger partial charge on any atom is 0.257 e. The van der Waals surface area contributed by atoms with Gasteiger partial charge in [-0.05, 0) is 31.2 Å². The van der Waals surface area contributed by atoms with Crippen molar-refractivity contribution in [1.29, 1.82) is 0 Å². The topological polar surface area (TPSA) is 89.6 Å². The van der Waals surface area contributed by atoms with Gasteiger partial charge in [-0.1, -0.05) is 48.5 Å². The lowest BCUT2D eigenvalue weighted by Crippen LogP contribution is -2.16. The third-order valence-corrected chi connectivity index (χ3v) is 5.45. The number of rotatable bonds is 7. The number of nitrogens with one attached hydrogen (secondary N) is 2. The van der Waals surface area contributed by atoms with E-state index in [1.807, 2.05) is 42.5 Å². The number of hydrogen-bond donors (Lipinski definition) is 2. The molecular weight excluding hydrogens is 442 g/mol. The van der Waals surface area contributed by atoms with Crippen LogP contribution in [-0.4, -0.2) is 31.0 Å². The molecule has 1 aromatic heterocycles. The molecule has 0 atom stereocenters. The zero-order valence-electron chi connectivity index (χ0n) is 19.7. The second-order valence-corrected chi connectivity index (χ2v) is 7.72. The molecule has 0 aliphatic rings. The molecule has 0 radical (unpaired) electrons. The molecular formula is C28H25N3O4. The van der Waals surface area contributed by atoms with Crippen LogP contribution in [0.1, 0.15) is 26.4 Å². The predicted octanol–water partition coefficient (Wildman–Crippen LogP) is 5.58. The Kier molecular flexibility index (Phi) is 7.07. The van der Waals surface area contributed by atoms with Crippen molar-refractivity contribution < 1.29 is 19.1 Å². The molecule has 7 heteroatoms. The van der Waals surface area contributed by atoms with Crippen molar-refractivity contribution >= 4 is 23.2 Å². The van der Waals surface area contributed by atoms with Gasteiger partial charge in [0.1, 0.15) is 11.5 Å². The van der Waals surface area contributed by atoms with Crippen LogP contribution in [-0.2, 0) is 0 Å². The lowest BCUT2D eigenvalue weighted by Gasteiger charge is -2.17. The van der Waals surface area contributed by atoms with Gasteiger partial charge in [0.25, 0.3) is 11.8 Å². The number of carbonyl (C=O) groups excluding carboxylic acids is 2. The van der Waals surface area contributed by atoms with Crippen molar-refractivity contribution in [3.63, 3.8) is 0 Å². The number of amides is 2. The monoisotopic (exact) mass is 467 g/mol. The predicted molar refractivity (Wildman–Crippen MR) is 136 cm³/mol. The van der Waals surface area contributed by atoms with Crippen LogP contribution >= 0.6 is 0 Å². The van der Waals surface area contributed by atoms with Crippen LogP contribution in [0.25, 0.3) is 11.3 Å². The SMILES string of the molecule is COc1cc(NC(=O)c2ccc(-c3ccccc3)nc2C)c(OC)cc1NC(=O)c1ccccc1. The highest BCUT2D eigenvalue weighted by molar-refractivity contribution is 6.08. The molecule has 2 amide bonds. The van der Waals surface area contributed by atoms with Gasteiger partial charge in [0.05, 0.1) is 42.5 Å². The number of benzene rings is 3. The van der Waals surface area contributed by atoms with E-state index in [2.05, 4.69) is 15.6 Å². The smallest absolute Gasteiger partial charge is 0.257 e. The van der Waals surface area contributed by atoms with Crippen LogP contribution in [0.3, 0.4) is 0 Å². The van der Waals surface area contributed by atoms with E-state index in [1.165, 1.54) is 14.2 Å². The van der Waals surface area contributed by atoms with Crippen molar-refractivity contribution in [3.05, 3.63) is 102 Å². The second kappa shape index (κ2) is 10.5. The summed E-state index contributed by atoms with van der Waals surface area (Å²) in [5.74, 6) is 0.118.